The molecule has 0 fully saturated rings. The minimum absolute atomic E-state index is 0. The molecule has 0 saturated heterocycles. The summed E-state index contributed by atoms with van der Waals surface area (Å²) in [5, 5.41) is 27.7. The predicted molar refractivity (Wildman–Crippen MR) is 178 cm³/mol. The second-order valence-electron chi connectivity index (χ2n) is 8.71. The van der Waals surface area contributed by atoms with Crippen molar-refractivity contribution in [3.8, 4) is 0 Å². The van der Waals surface area contributed by atoms with Crippen LogP contribution in [0.25, 0.3) is 0 Å². The number of halogens is 1. The first-order valence-electron chi connectivity index (χ1n) is 12.7. The van der Waals surface area contributed by atoms with Gasteiger partial charge in [-0.2, -0.15) is 15.3 Å². The Balaban J connectivity index is 0.00000308. The van der Waals surface area contributed by atoms with E-state index in [1.54, 1.807) is 7.05 Å². The zero-order valence-corrected chi connectivity index (χ0v) is 28.0. The number of nitrogens with zero attached hydrogens (tertiary/aromatic N) is 4. The Morgan fingerprint density at radius 2 is 1.02 bits per heavy atom. The average Bonchev–Trinajstić information content (AvgIpc) is 3.02. The summed E-state index contributed by atoms with van der Waals surface area (Å²) in [5.74, 6) is 0. The van der Waals surface area contributed by atoms with Crippen LogP contribution in [0.3, 0.4) is 0 Å². The van der Waals surface area contributed by atoms with E-state index in [2.05, 4.69) is 104 Å². The fourth-order valence-corrected chi connectivity index (χ4v) is 8.37. The predicted octanol–water partition coefficient (Wildman–Crippen LogP) is 1.33. The van der Waals surface area contributed by atoms with Crippen molar-refractivity contribution in [1.82, 2.24) is 10.6 Å². The summed E-state index contributed by atoms with van der Waals surface area (Å²) < 4.78 is 0. The summed E-state index contributed by atoms with van der Waals surface area (Å²) >= 11 is 10.8. The summed E-state index contributed by atoms with van der Waals surface area (Å²) in [6, 6.07) is 41.5. The SMILES string of the molecule is CNC([S-])=NN=C(C)C(=NN=C([S-])NC[P+](c1ccccc1)(c1ccccc1)c1ccccc1)c1ccccc1.[Br-].[Cu+2]. The third-order valence-corrected chi connectivity index (χ3v) is 10.9. The summed E-state index contributed by atoms with van der Waals surface area (Å²) in [6.45, 7) is 1.82. The van der Waals surface area contributed by atoms with E-state index in [1.165, 1.54) is 15.9 Å². The van der Waals surface area contributed by atoms with Crippen molar-refractivity contribution >= 4 is 70.2 Å². The van der Waals surface area contributed by atoms with Crippen LogP contribution in [0.2, 0.25) is 0 Å². The maximum absolute atomic E-state index is 5.69. The molecule has 0 aliphatic rings. The van der Waals surface area contributed by atoms with E-state index in [9.17, 15) is 0 Å². The van der Waals surface area contributed by atoms with Crippen LogP contribution >= 0.6 is 7.26 Å². The van der Waals surface area contributed by atoms with Gasteiger partial charge in [-0.25, -0.2) is 0 Å². The van der Waals surface area contributed by atoms with Gasteiger partial charge in [0.2, 0.25) is 0 Å². The number of amidine groups is 2. The van der Waals surface area contributed by atoms with Crippen LogP contribution in [0.15, 0.2) is 142 Å². The third kappa shape index (κ3) is 9.01. The molecule has 6 nitrogen and oxygen atoms in total. The molecule has 11 heteroatoms. The minimum atomic E-state index is -2.12. The van der Waals surface area contributed by atoms with Crippen LogP contribution in [0.4, 0.5) is 0 Å². The van der Waals surface area contributed by atoms with Crippen molar-refractivity contribution in [2.45, 2.75) is 6.92 Å². The molecule has 4 rings (SSSR count). The van der Waals surface area contributed by atoms with Crippen LogP contribution in [-0.4, -0.2) is 35.1 Å². The molecule has 0 bridgehead atoms. The Labute approximate surface area is 280 Å². The monoisotopic (exact) mass is 723 g/mol. The van der Waals surface area contributed by atoms with Gasteiger partial charge in [0.25, 0.3) is 0 Å². The van der Waals surface area contributed by atoms with Crippen molar-refractivity contribution in [2.75, 3.05) is 13.3 Å². The van der Waals surface area contributed by atoms with Gasteiger partial charge < -0.3 is 52.9 Å². The Morgan fingerprint density at radius 1 is 0.619 bits per heavy atom. The second kappa shape index (κ2) is 17.9. The Hall–Kier alpha value is -2.97. The maximum Gasteiger partial charge on any atom is 2.00 e. The zero-order chi connectivity index (χ0) is 28.2. The van der Waals surface area contributed by atoms with Crippen molar-refractivity contribution in [1.29, 1.82) is 0 Å². The van der Waals surface area contributed by atoms with E-state index in [4.69, 9.17) is 25.3 Å². The van der Waals surface area contributed by atoms with Crippen molar-refractivity contribution in [2.24, 2.45) is 20.4 Å². The standard InChI is InChI=1S/C31H31N6PS2.BrH.Cu/c1-24(34-36-30(39)32-2)29(25-15-7-3-8-16-25)35-37-31(40)33-23-38(26-17-9-4-10-18-26,27-19-11-5-12-20-27)28-21-13-6-14-22-28;;/h3-22H,23H2,1-2H3,(H3-,32,33,34,35,36,37,39,40);1H;/q;;+2/p-2. The molecule has 0 unspecified atom stereocenters. The van der Waals surface area contributed by atoms with Crippen LogP contribution in [0.5, 0.6) is 0 Å². The first-order valence-corrected chi connectivity index (χ1v) is 15.5. The minimum Gasteiger partial charge on any atom is -1.00 e. The van der Waals surface area contributed by atoms with E-state index in [0.29, 0.717) is 17.7 Å². The van der Waals surface area contributed by atoms with Crippen molar-refractivity contribution in [3.05, 3.63) is 127 Å². The third-order valence-electron chi connectivity index (χ3n) is 6.19. The number of rotatable bonds is 9. The molecule has 0 aliphatic heterocycles. The normalized spacial score (nSPS) is 12.5. The fraction of sp³-hybridized carbons (Fsp3) is 0.0968. The summed E-state index contributed by atoms with van der Waals surface area (Å²) in [5.41, 5.74) is 1.97. The fourth-order valence-electron chi connectivity index (χ4n) is 4.24. The molecule has 2 N–H and O–H groups in total. The van der Waals surface area contributed by atoms with Crippen LogP contribution in [0, 0.1) is 0 Å². The number of nitrogens with one attached hydrogen (secondary N) is 2. The molecule has 4 aromatic rings. The first-order chi connectivity index (χ1) is 19.5. The molecular weight excluding hydrogens is 695 g/mol. The van der Waals surface area contributed by atoms with Gasteiger partial charge in [-0.1, -0.05) is 84.9 Å². The van der Waals surface area contributed by atoms with Crippen molar-refractivity contribution in [3.63, 3.8) is 0 Å². The van der Waals surface area contributed by atoms with Crippen LogP contribution < -0.4 is 43.5 Å². The van der Waals surface area contributed by atoms with E-state index < -0.39 is 7.26 Å². The Morgan fingerprint density at radius 3 is 1.45 bits per heavy atom. The second-order valence-corrected chi connectivity index (χ2v) is 13.0. The van der Waals surface area contributed by atoms with Gasteiger partial charge in [0.1, 0.15) is 35.2 Å². The maximum atomic E-state index is 5.69. The van der Waals surface area contributed by atoms with E-state index in [-0.39, 0.29) is 44.4 Å². The van der Waals surface area contributed by atoms with Gasteiger partial charge in [-0.3, -0.25) is 0 Å². The molecular formula is C31H30BrCuN6PS2. The summed E-state index contributed by atoms with van der Waals surface area (Å²) in [7, 11) is -0.424. The van der Waals surface area contributed by atoms with Gasteiger partial charge in [0, 0.05) is 17.8 Å². The molecule has 0 amide bonds. The van der Waals surface area contributed by atoms with Crippen LogP contribution in [-0.2, 0) is 42.3 Å². The topological polar surface area (TPSA) is 73.5 Å². The average molecular weight is 725 g/mol. The summed E-state index contributed by atoms with van der Waals surface area (Å²) in [4.78, 5) is 0. The Bertz CT molecular complexity index is 1410. The number of hydrogen-bond acceptors (Lipinski definition) is 6. The molecule has 1 radical (unpaired) electrons. The molecule has 219 valence electrons. The van der Waals surface area contributed by atoms with Crippen molar-refractivity contribution < 1.29 is 34.1 Å². The molecule has 0 atom stereocenters. The van der Waals surface area contributed by atoms with E-state index in [0.717, 1.165) is 5.56 Å². The van der Waals surface area contributed by atoms with Gasteiger partial charge in [-0.05, 0) is 48.5 Å². The molecule has 0 aliphatic carbocycles. The van der Waals surface area contributed by atoms with E-state index >= 15 is 0 Å². The van der Waals surface area contributed by atoms with Gasteiger partial charge in [0.15, 0.2) is 0 Å². The smallest absolute Gasteiger partial charge is 1.00 e. The van der Waals surface area contributed by atoms with Gasteiger partial charge in [0.05, 0.1) is 5.71 Å². The molecule has 0 heterocycles. The zero-order valence-electron chi connectivity index (χ0n) is 23.0. The quantitative estimate of drug-likeness (QED) is 0.0684. The first kappa shape index (κ1) is 35.2. The van der Waals surface area contributed by atoms with Crippen LogP contribution in [0.1, 0.15) is 12.5 Å². The number of hydrogen-bond donors (Lipinski definition) is 2. The molecule has 4 aromatic carbocycles. The van der Waals surface area contributed by atoms with Gasteiger partial charge in [-0.15, -0.1) is 5.10 Å². The molecule has 0 saturated carbocycles. The Kier molecular flexibility index (Phi) is 15.0. The van der Waals surface area contributed by atoms with Gasteiger partial charge >= 0.3 is 17.1 Å². The number of benzene rings is 4. The molecule has 0 aromatic heterocycles. The summed E-state index contributed by atoms with van der Waals surface area (Å²) in [6.07, 6.45) is 0.586. The molecule has 42 heavy (non-hydrogen) atoms. The largest absolute Gasteiger partial charge is 2.00 e. The molecule has 0 spiro atoms. The van der Waals surface area contributed by atoms with E-state index in [1.807, 2.05) is 55.5 Å².